The van der Waals surface area contributed by atoms with E-state index in [9.17, 15) is 4.79 Å². The smallest absolute Gasteiger partial charge is 0.356 e. The summed E-state index contributed by atoms with van der Waals surface area (Å²) in [6, 6.07) is 3.58. The van der Waals surface area contributed by atoms with E-state index in [0.29, 0.717) is 5.71 Å². The van der Waals surface area contributed by atoms with Crippen molar-refractivity contribution in [3.63, 3.8) is 0 Å². The van der Waals surface area contributed by atoms with Crippen LogP contribution in [0.3, 0.4) is 0 Å². The summed E-state index contributed by atoms with van der Waals surface area (Å²) in [5.74, 6) is -1.32. The van der Waals surface area contributed by atoms with E-state index in [2.05, 4.69) is 20.5 Å². The molecule has 0 radical (unpaired) electrons. The molecule has 9 heteroatoms. The second-order valence-electron chi connectivity index (χ2n) is 4.11. The largest absolute Gasteiger partial charge is 0.476 e. The van der Waals surface area contributed by atoms with Crippen LogP contribution in [0.5, 0.6) is 0 Å². The fourth-order valence-electron chi connectivity index (χ4n) is 1.54. The summed E-state index contributed by atoms with van der Waals surface area (Å²) < 4.78 is 0. The van der Waals surface area contributed by atoms with Crippen LogP contribution in [0.25, 0.3) is 0 Å². The molecular formula is C13H9Cl3N4O2. The van der Waals surface area contributed by atoms with Crippen LogP contribution >= 0.6 is 34.8 Å². The van der Waals surface area contributed by atoms with Crippen molar-refractivity contribution in [1.82, 2.24) is 9.97 Å². The third-order valence-electron chi connectivity index (χ3n) is 2.66. The first-order valence-corrected chi connectivity index (χ1v) is 7.03. The fourth-order valence-corrected chi connectivity index (χ4v) is 2.20. The van der Waals surface area contributed by atoms with Gasteiger partial charge in [0.15, 0.2) is 10.8 Å². The summed E-state index contributed by atoms with van der Waals surface area (Å²) in [6.45, 7) is 1.74. The zero-order valence-electron chi connectivity index (χ0n) is 11.1. The number of hydrogen-bond acceptors (Lipinski definition) is 5. The van der Waals surface area contributed by atoms with E-state index < -0.39 is 11.7 Å². The van der Waals surface area contributed by atoms with Crippen molar-refractivity contribution in [2.24, 2.45) is 5.10 Å². The van der Waals surface area contributed by atoms with Crippen molar-refractivity contribution in [1.29, 1.82) is 0 Å². The molecule has 0 atom stereocenters. The van der Waals surface area contributed by atoms with Gasteiger partial charge in [0, 0.05) is 18.0 Å². The average Bonchev–Trinajstić information content (AvgIpc) is 2.51. The topological polar surface area (TPSA) is 87.5 Å². The number of anilines is 1. The van der Waals surface area contributed by atoms with Crippen molar-refractivity contribution in [2.75, 3.05) is 5.43 Å². The van der Waals surface area contributed by atoms with E-state index in [1.54, 1.807) is 25.4 Å². The van der Waals surface area contributed by atoms with E-state index in [-0.39, 0.29) is 20.9 Å². The normalized spacial score (nSPS) is 11.4. The van der Waals surface area contributed by atoms with Crippen molar-refractivity contribution in [3.8, 4) is 0 Å². The Hall–Kier alpha value is -1.89. The average molecular weight is 360 g/mol. The minimum Gasteiger partial charge on any atom is -0.476 e. The summed E-state index contributed by atoms with van der Waals surface area (Å²) in [4.78, 5) is 18.7. The van der Waals surface area contributed by atoms with Gasteiger partial charge in [0.2, 0.25) is 0 Å². The maximum Gasteiger partial charge on any atom is 0.356 e. The monoisotopic (exact) mass is 358 g/mol. The van der Waals surface area contributed by atoms with Crippen LogP contribution in [0.15, 0.2) is 29.6 Å². The van der Waals surface area contributed by atoms with Crippen LogP contribution in [0.4, 0.5) is 5.69 Å². The van der Waals surface area contributed by atoms with E-state index in [0.717, 1.165) is 5.56 Å². The molecule has 0 aliphatic heterocycles. The first-order chi connectivity index (χ1) is 10.4. The van der Waals surface area contributed by atoms with Crippen molar-refractivity contribution < 1.29 is 9.90 Å². The molecule has 2 rings (SSSR count). The maximum atomic E-state index is 11.1. The first kappa shape index (κ1) is 16.5. The number of carboxylic acid groups (broad SMARTS) is 1. The van der Waals surface area contributed by atoms with E-state index in [1.807, 2.05) is 6.07 Å². The van der Waals surface area contributed by atoms with Gasteiger partial charge in [-0.15, -0.1) is 0 Å². The molecule has 0 fully saturated rings. The summed E-state index contributed by atoms with van der Waals surface area (Å²) in [5, 5.41) is 12.8. The second-order valence-corrected chi connectivity index (χ2v) is 5.22. The lowest BCUT2D eigenvalue weighted by molar-refractivity contribution is 0.0691. The first-order valence-electron chi connectivity index (χ1n) is 5.90. The number of hydrazone groups is 1. The van der Waals surface area contributed by atoms with Gasteiger partial charge in [0.1, 0.15) is 10.0 Å². The molecule has 2 N–H and O–H groups in total. The zero-order valence-corrected chi connectivity index (χ0v) is 13.4. The van der Waals surface area contributed by atoms with Gasteiger partial charge in [-0.3, -0.25) is 10.4 Å². The Morgan fingerprint density at radius 2 is 2.05 bits per heavy atom. The number of aromatic carboxylic acids is 1. The molecule has 0 spiro atoms. The van der Waals surface area contributed by atoms with Crippen molar-refractivity contribution in [2.45, 2.75) is 6.92 Å². The molecule has 0 amide bonds. The van der Waals surface area contributed by atoms with Crippen molar-refractivity contribution in [3.05, 3.63) is 51.0 Å². The highest BCUT2D eigenvalue weighted by Gasteiger charge is 2.20. The summed E-state index contributed by atoms with van der Waals surface area (Å²) in [5.41, 5.74) is 3.67. The van der Waals surface area contributed by atoms with Gasteiger partial charge in [-0.1, -0.05) is 40.9 Å². The molecule has 0 aliphatic carbocycles. The minimum absolute atomic E-state index is 0.0144. The Morgan fingerprint density at radius 3 is 2.64 bits per heavy atom. The second kappa shape index (κ2) is 6.91. The lowest BCUT2D eigenvalue weighted by atomic mass is 10.2. The number of carbonyl (C=O) groups is 1. The van der Waals surface area contributed by atoms with Gasteiger partial charge in [0.25, 0.3) is 0 Å². The quantitative estimate of drug-likeness (QED) is 0.490. The molecule has 0 aliphatic rings. The van der Waals surface area contributed by atoms with Crippen LogP contribution in [0, 0.1) is 0 Å². The van der Waals surface area contributed by atoms with Gasteiger partial charge in [-0.2, -0.15) is 5.10 Å². The molecule has 0 saturated carbocycles. The highest BCUT2D eigenvalue weighted by Crippen LogP contribution is 2.36. The molecule has 0 aromatic carbocycles. The van der Waals surface area contributed by atoms with Crippen LogP contribution < -0.4 is 5.43 Å². The third kappa shape index (κ3) is 3.47. The Labute approximate surface area is 140 Å². The Morgan fingerprint density at radius 1 is 1.32 bits per heavy atom. The molecule has 0 saturated heterocycles. The van der Waals surface area contributed by atoms with Crippen LogP contribution in [0.1, 0.15) is 23.0 Å². The number of carboxylic acids is 1. The predicted octanol–water partition coefficient (Wildman–Crippen LogP) is 3.97. The van der Waals surface area contributed by atoms with Gasteiger partial charge in [-0.25, -0.2) is 9.78 Å². The molecule has 2 heterocycles. The molecule has 0 bridgehead atoms. The SMILES string of the molecule is C/C(=N/Nc1c(Cl)c(Cl)nc(C(=O)O)c1Cl)c1cccnc1. The molecule has 2 aromatic rings. The summed E-state index contributed by atoms with van der Waals surface area (Å²) in [7, 11) is 0. The number of nitrogens with one attached hydrogen (secondary N) is 1. The van der Waals surface area contributed by atoms with Crippen LogP contribution in [-0.2, 0) is 0 Å². The molecule has 6 nitrogen and oxygen atoms in total. The Bertz CT molecular complexity index is 751. The van der Waals surface area contributed by atoms with E-state index in [1.165, 1.54) is 0 Å². The molecule has 2 aromatic heterocycles. The highest BCUT2D eigenvalue weighted by molar-refractivity contribution is 6.46. The fraction of sp³-hybridized carbons (Fsp3) is 0.0769. The lowest BCUT2D eigenvalue weighted by Crippen LogP contribution is -2.06. The Kier molecular flexibility index (Phi) is 5.18. The number of rotatable bonds is 4. The number of hydrogen-bond donors (Lipinski definition) is 2. The minimum atomic E-state index is -1.32. The summed E-state index contributed by atoms with van der Waals surface area (Å²) >= 11 is 17.8. The predicted molar refractivity (Wildman–Crippen MR) is 86.3 cm³/mol. The number of aromatic nitrogens is 2. The van der Waals surface area contributed by atoms with Gasteiger partial charge < -0.3 is 5.11 Å². The molecular weight excluding hydrogens is 351 g/mol. The van der Waals surface area contributed by atoms with Crippen LogP contribution in [0.2, 0.25) is 15.2 Å². The molecule has 114 valence electrons. The number of nitrogens with zero attached hydrogens (tertiary/aromatic N) is 3. The lowest BCUT2D eigenvalue weighted by Gasteiger charge is -2.10. The maximum absolute atomic E-state index is 11.1. The van der Waals surface area contributed by atoms with Crippen LogP contribution in [-0.4, -0.2) is 26.8 Å². The summed E-state index contributed by atoms with van der Waals surface area (Å²) in [6.07, 6.45) is 3.27. The zero-order chi connectivity index (χ0) is 16.3. The van der Waals surface area contributed by atoms with Gasteiger partial charge >= 0.3 is 5.97 Å². The van der Waals surface area contributed by atoms with Gasteiger partial charge in [-0.05, 0) is 13.0 Å². The number of halogens is 3. The Balaban J connectivity index is 2.40. The van der Waals surface area contributed by atoms with Gasteiger partial charge in [0.05, 0.1) is 11.4 Å². The highest BCUT2D eigenvalue weighted by atomic mass is 35.5. The van der Waals surface area contributed by atoms with Crippen molar-refractivity contribution >= 4 is 52.2 Å². The number of pyridine rings is 2. The molecule has 22 heavy (non-hydrogen) atoms. The molecule has 0 unspecified atom stereocenters. The van der Waals surface area contributed by atoms with E-state index >= 15 is 0 Å². The third-order valence-corrected chi connectivity index (χ3v) is 3.76. The van der Waals surface area contributed by atoms with E-state index in [4.69, 9.17) is 39.9 Å². The standard InChI is InChI=1S/C13H9Cl3N4O2/c1-6(7-3-2-4-17-5-7)19-20-10-8(14)11(13(21)22)18-12(16)9(10)15/h2-5H,1H3,(H,18,20)(H,21,22)/b19-6-.